The zero-order chi connectivity index (χ0) is 11.4. The van der Waals surface area contributed by atoms with Gasteiger partial charge in [0.15, 0.2) is 5.78 Å². The highest BCUT2D eigenvalue weighted by molar-refractivity contribution is 6.31. The molecular formula is C12H14ClNO. The van der Waals surface area contributed by atoms with Crippen LogP contribution in [0.15, 0.2) is 23.9 Å². The van der Waals surface area contributed by atoms with E-state index >= 15 is 0 Å². The Morgan fingerprint density at radius 1 is 1.53 bits per heavy atom. The van der Waals surface area contributed by atoms with E-state index in [-0.39, 0.29) is 11.7 Å². The lowest BCUT2D eigenvalue weighted by Crippen LogP contribution is -2.03. The number of allylic oxidation sites excluding steroid dienone is 1. The molecule has 3 heteroatoms. The molecule has 15 heavy (non-hydrogen) atoms. The van der Waals surface area contributed by atoms with Crippen molar-refractivity contribution in [3.05, 3.63) is 34.6 Å². The molecule has 0 saturated heterocycles. The van der Waals surface area contributed by atoms with Gasteiger partial charge in [-0.05, 0) is 30.6 Å². The van der Waals surface area contributed by atoms with Crippen LogP contribution in [0, 0.1) is 5.92 Å². The number of nitrogens with zero attached hydrogens (tertiary/aromatic N) is 1. The van der Waals surface area contributed by atoms with E-state index in [9.17, 15) is 4.79 Å². The Kier molecular flexibility index (Phi) is 4.04. The third-order valence-corrected chi connectivity index (χ3v) is 2.44. The number of pyridine rings is 1. The number of aromatic nitrogens is 1. The molecule has 1 aromatic rings. The van der Waals surface area contributed by atoms with Gasteiger partial charge in [0, 0.05) is 11.8 Å². The summed E-state index contributed by atoms with van der Waals surface area (Å²) in [7, 11) is 0. The standard InChI is InChI=1S/C12H14ClNO/c1-8(2)11(9(3)15)7-10-5-4-6-14-12(10)13/h4-8H,1-3H3/b11-7+. The Morgan fingerprint density at radius 3 is 2.67 bits per heavy atom. The van der Waals surface area contributed by atoms with Crippen LogP contribution in [0.3, 0.4) is 0 Å². The second-order valence-electron chi connectivity index (χ2n) is 3.69. The highest BCUT2D eigenvalue weighted by atomic mass is 35.5. The molecule has 0 bridgehead atoms. The molecule has 1 heterocycles. The van der Waals surface area contributed by atoms with Crippen LogP contribution < -0.4 is 0 Å². The van der Waals surface area contributed by atoms with Crippen LogP contribution in [0.25, 0.3) is 6.08 Å². The lowest BCUT2D eigenvalue weighted by molar-refractivity contribution is -0.113. The maximum Gasteiger partial charge on any atom is 0.156 e. The molecule has 0 N–H and O–H groups in total. The summed E-state index contributed by atoms with van der Waals surface area (Å²) in [5, 5.41) is 0.428. The van der Waals surface area contributed by atoms with Gasteiger partial charge < -0.3 is 0 Å². The largest absolute Gasteiger partial charge is 0.295 e. The number of carbonyl (C=O) groups is 1. The van der Waals surface area contributed by atoms with E-state index in [1.54, 1.807) is 19.2 Å². The molecule has 0 aliphatic heterocycles. The topological polar surface area (TPSA) is 30.0 Å². The SMILES string of the molecule is CC(=O)/C(=C/c1cccnc1Cl)C(C)C. The van der Waals surface area contributed by atoms with Crippen molar-refractivity contribution in [1.82, 2.24) is 4.98 Å². The van der Waals surface area contributed by atoms with E-state index in [0.717, 1.165) is 11.1 Å². The average Bonchev–Trinajstić information content (AvgIpc) is 2.15. The lowest BCUT2D eigenvalue weighted by Gasteiger charge is -2.07. The number of carbonyl (C=O) groups excluding carboxylic acids is 1. The first-order valence-electron chi connectivity index (χ1n) is 4.85. The number of ketones is 1. The average molecular weight is 224 g/mol. The minimum absolute atomic E-state index is 0.0740. The van der Waals surface area contributed by atoms with E-state index in [0.29, 0.717) is 5.15 Å². The molecule has 0 aliphatic carbocycles. The quantitative estimate of drug-likeness (QED) is 0.581. The maximum absolute atomic E-state index is 11.4. The summed E-state index contributed by atoms with van der Waals surface area (Å²) in [6.45, 7) is 5.53. The van der Waals surface area contributed by atoms with Crippen molar-refractivity contribution in [2.45, 2.75) is 20.8 Å². The second-order valence-corrected chi connectivity index (χ2v) is 4.05. The molecular weight excluding hydrogens is 210 g/mol. The Hall–Kier alpha value is -1.15. The van der Waals surface area contributed by atoms with Crippen molar-refractivity contribution in [3.8, 4) is 0 Å². The Labute approximate surface area is 95.0 Å². The summed E-state index contributed by atoms with van der Waals surface area (Å²) < 4.78 is 0. The maximum atomic E-state index is 11.4. The van der Waals surface area contributed by atoms with Crippen molar-refractivity contribution in [2.75, 3.05) is 0 Å². The summed E-state index contributed by atoms with van der Waals surface area (Å²) >= 11 is 5.91. The van der Waals surface area contributed by atoms with Gasteiger partial charge in [-0.3, -0.25) is 4.79 Å². The molecule has 1 aromatic heterocycles. The van der Waals surface area contributed by atoms with Gasteiger partial charge in [0.05, 0.1) is 0 Å². The molecule has 0 atom stereocenters. The van der Waals surface area contributed by atoms with Gasteiger partial charge >= 0.3 is 0 Å². The molecule has 0 amide bonds. The fraction of sp³-hybridized carbons (Fsp3) is 0.333. The minimum atomic E-state index is 0.0740. The van der Waals surface area contributed by atoms with Crippen LogP contribution in [0.2, 0.25) is 5.15 Å². The summed E-state index contributed by atoms with van der Waals surface area (Å²) in [6.07, 6.45) is 3.44. The molecule has 0 unspecified atom stereocenters. The minimum Gasteiger partial charge on any atom is -0.295 e. The smallest absolute Gasteiger partial charge is 0.156 e. The van der Waals surface area contributed by atoms with Crippen molar-refractivity contribution < 1.29 is 4.79 Å². The predicted molar refractivity (Wildman–Crippen MR) is 62.7 cm³/mol. The van der Waals surface area contributed by atoms with Crippen molar-refractivity contribution in [3.63, 3.8) is 0 Å². The van der Waals surface area contributed by atoms with Crippen molar-refractivity contribution in [1.29, 1.82) is 0 Å². The Morgan fingerprint density at radius 2 is 2.20 bits per heavy atom. The van der Waals surface area contributed by atoms with E-state index in [1.165, 1.54) is 0 Å². The fourth-order valence-electron chi connectivity index (χ4n) is 1.35. The third kappa shape index (κ3) is 3.17. The van der Waals surface area contributed by atoms with Gasteiger partial charge in [0.1, 0.15) is 5.15 Å². The van der Waals surface area contributed by atoms with E-state index in [2.05, 4.69) is 4.98 Å². The normalized spacial score (nSPS) is 11.9. The van der Waals surface area contributed by atoms with Gasteiger partial charge in [-0.1, -0.05) is 31.5 Å². The molecule has 0 aromatic carbocycles. The van der Waals surface area contributed by atoms with Gasteiger partial charge in [0.2, 0.25) is 0 Å². The molecule has 0 saturated carbocycles. The van der Waals surface area contributed by atoms with Crippen LogP contribution in [0.1, 0.15) is 26.3 Å². The zero-order valence-electron chi connectivity index (χ0n) is 9.12. The van der Waals surface area contributed by atoms with Crippen molar-refractivity contribution >= 4 is 23.5 Å². The first kappa shape index (κ1) is 11.9. The van der Waals surface area contributed by atoms with Gasteiger partial charge in [-0.2, -0.15) is 0 Å². The van der Waals surface area contributed by atoms with Crippen LogP contribution >= 0.6 is 11.6 Å². The number of hydrogen-bond acceptors (Lipinski definition) is 2. The first-order valence-corrected chi connectivity index (χ1v) is 5.23. The predicted octanol–water partition coefficient (Wildman–Crippen LogP) is 3.36. The molecule has 0 radical (unpaired) electrons. The van der Waals surface area contributed by atoms with Crippen LogP contribution in [-0.2, 0) is 4.79 Å². The van der Waals surface area contributed by atoms with Crippen LogP contribution in [-0.4, -0.2) is 10.8 Å². The Balaban J connectivity index is 3.14. The molecule has 0 aliphatic rings. The van der Waals surface area contributed by atoms with Gasteiger partial charge in [0.25, 0.3) is 0 Å². The number of halogens is 1. The molecule has 1 rings (SSSR count). The molecule has 2 nitrogen and oxygen atoms in total. The van der Waals surface area contributed by atoms with E-state index in [4.69, 9.17) is 11.6 Å². The van der Waals surface area contributed by atoms with E-state index in [1.807, 2.05) is 26.0 Å². The highest BCUT2D eigenvalue weighted by Crippen LogP contribution is 2.19. The Bertz CT molecular complexity index is 396. The van der Waals surface area contributed by atoms with E-state index < -0.39 is 0 Å². The molecule has 0 fully saturated rings. The van der Waals surface area contributed by atoms with Gasteiger partial charge in [-0.25, -0.2) is 4.98 Å². The summed E-state index contributed by atoms with van der Waals surface area (Å²) in [5.41, 5.74) is 1.56. The summed E-state index contributed by atoms with van der Waals surface area (Å²) in [4.78, 5) is 15.3. The zero-order valence-corrected chi connectivity index (χ0v) is 9.88. The number of rotatable bonds is 3. The van der Waals surface area contributed by atoms with Gasteiger partial charge in [-0.15, -0.1) is 0 Å². The first-order chi connectivity index (χ1) is 7.02. The number of Topliss-reactive ketones (excluding diaryl/α,β-unsaturated/α-hetero) is 1. The summed E-state index contributed by atoms with van der Waals surface area (Å²) in [6, 6.07) is 3.65. The lowest BCUT2D eigenvalue weighted by atomic mass is 9.98. The summed E-state index contributed by atoms with van der Waals surface area (Å²) in [5.74, 6) is 0.267. The number of hydrogen-bond donors (Lipinski definition) is 0. The molecule has 80 valence electrons. The monoisotopic (exact) mass is 223 g/mol. The third-order valence-electron chi connectivity index (χ3n) is 2.13. The van der Waals surface area contributed by atoms with Crippen LogP contribution in [0.5, 0.6) is 0 Å². The van der Waals surface area contributed by atoms with Crippen molar-refractivity contribution in [2.24, 2.45) is 5.92 Å². The fourth-order valence-corrected chi connectivity index (χ4v) is 1.52. The highest BCUT2D eigenvalue weighted by Gasteiger charge is 2.09. The molecule has 0 spiro atoms. The van der Waals surface area contributed by atoms with Crippen LogP contribution in [0.4, 0.5) is 0 Å². The second kappa shape index (κ2) is 5.08.